The minimum absolute atomic E-state index is 0.0565. The second-order valence-corrected chi connectivity index (χ2v) is 4.74. The molecule has 0 spiro atoms. The Morgan fingerprint density at radius 3 is 2.47 bits per heavy atom. The zero-order valence-electron chi connectivity index (χ0n) is 8.55. The van der Waals surface area contributed by atoms with Gasteiger partial charge in [-0.3, -0.25) is 4.79 Å². The van der Waals surface area contributed by atoms with Gasteiger partial charge in [-0.25, -0.2) is 0 Å². The molecule has 92 valence electrons. The van der Waals surface area contributed by atoms with Crippen LogP contribution in [0, 0.1) is 0 Å². The Balaban J connectivity index is 2.26. The van der Waals surface area contributed by atoms with E-state index in [4.69, 9.17) is 0 Å². The smallest absolute Gasteiger partial charge is 0.406 e. The maximum atomic E-state index is 12.1. The highest BCUT2D eigenvalue weighted by molar-refractivity contribution is 9.10. The first-order valence-electron chi connectivity index (χ1n) is 4.94. The maximum Gasteiger partial charge on any atom is 0.573 e. The fourth-order valence-corrected chi connectivity index (χ4v) is 2.23. The van der Waals surface area contributed by atoms with E-state index in [-0.39, 0.29) is 17.5 Å². The number of halogens is 4. The van der Waals surface area contributed by atoms with Gasteiger partial charge in [0.2, 0.25) is 0 Å². The number of carbonyl (C=O) groups excluding carboxylic acids is 1. The lowest BCUT2D eigenvalue weighted by Gasteiger charge is -2.24. The van der Waals surface area contributed by atoms with Crippen LogP contribution in [0.5, 0.6) is 5.75 Å². The molecule has 0 N–H and O–H groups in total. The van der Waals surface area contributed by atoms with Crippen LogP contribution >= 0.6 is 15.9 Å². The van der Waals surface area contributed by atoms with Gasteiger partial charge in [-0.2, -0.15) is 0 Å². The summed E-state index contributed by atoms with van der Waals surface area (Å²) in [6, 6.07) is 4.13. The standard InChI is InChI=1S/C11H8BrF3O2/c12-7-3-6(9-1-2-10(9)16)4-8(5-7)17-11(13,14)15/h3-5,9H,1-2H2. The highest BCUT2D eigenvalue weighted by Crippen LogP contribution is 2.37. The molecule has 0 heterocycles. The molecular weight excluding hydrogens is 301 g/mol. The minimum Gasteiger partial charge on any atom is -0.406 e. The molecule has 1 aliphatic carbocycles. The molecule has 0 radical (unpaired) electrons. The van der Waals surface area contributed by atoms with Gasteiger partial charge >= 0.3 is 6.36 Å². The fourth-order valence-electron chi connectivity index (χ4n) is 1.74. The van der Waals surface area contributed by atoms with Crippen molar-refractivity contribution in [3.05, 3.63) is 28.2 Å². The van der Waals surface area contributed by atoms with Crippen molar-refractivity contribution < 1.29 is 22.7 Å². The number of ether oxygens (including phenoxy) is 1. The summed E-state index contributed by atoms with van der Waals surface area (Å²) in [5.74, 6) is -0.536. The molecule has 1 unspecified atom stereocenters. The summed E-state index contributed by atoms with van der Waals surface area (Å²) in [4.78, 5) is 11.3. The van der Waals surface area contributed by atoms with Crippen LogP contribution in [0.15, 0.2) is 22.7 Å². The van der Waals surface area contributed by atoms with Gasteiger partial charge in [0.1, 0.15) is 11.5 Å². The minimum atomic E-state index is -4.72. The molecule has 0 aliphatic heterocycles. The second-order valence-electron chi connectivity index (χ2n) is 3.83. The molecule has 2 rings (SSSR count). The third-order valence-electron chi connectivity index (χ3n) is 2.60. The van der Waals surface area contributed by atoms with Crippen LogP contribution in [0.25, 0.3) is 0 Å². The number of hydrogen-bond acceptors (Lipinski definition) is 2. The molecule has 0 bridgehead atoms. The molecule has 1 aliphatic rings. The quantitative estimate of drug-likeness (QED) is 0.831. The van der Waals surface area contributed by atoms with Crippen molar-refractivity contribution in [1.29, 1.82) is 0 Å². The van der Waals surface area contributed by atoms with Gasteiger partial charge in [0.25, 0.3) is 0 Å². The Morgan fingerprint density at radius 1 is 1.29 bits per heavy atom. The van der Waals surface area contributed by atoms with E-state index >= 15 is 0 Å². The Bertz CT molecular complexity index is 457. The maximum absolute atomic E-state index is 12.1. The monoisotopic (exact) mass is 308 g/mol. The third-order valence-corrected chi connectivity index (χ3v) is 3.06. The summed E-state index contributed by atoms with van der Waals surface area (Å²) in [6.07, 6.45) is -3.55. The first kappa shape index (κ1) is 12.4. The zero-order valence-corrected chi connectivity index (χ0v) is 10.1. The number of Topliss-reactive ketones (excluding diaryl/α,β-unsaturated/α-hetero) is 1. The molecule has 0 aromatic heterocycles. The molecule has 1 saturated carbocycles. The van der Waals surface area contributed by atoms with Gasteiger partial charge in [0, 0.05) is 16.8 Å². The largest absolute Gasteiger partial charge is 0.573 e. The van der Waals surface area contributed by atoms with Crippen LogP contribution in [0.1, 0.15) is 24.3 Å². The number of carbonyl (C=O) groups is 1. The predicted octanol–water partition coefficient (Wildman–Crippen LogP) is 3.79. The molecule has 2 nitrogen and oxygen atoms in total. The van der Waals surface area contributed by atoms with E-state index in [0.717, 1.165) is 0 Å². The molecular formula is C11H8BrF3O2. The van der Waals surface area contributed by atoms with Crippen LogP contribution in [0.3, 0.4) is 0 Å². The van der Waals surface area contributed by atoms with Crippen molar-refractivity contribution >= 4 is 21.7 Å². The highest BCUT2D eigenvalue weighted by atomic mass is 79.9. The number of benzene rings is 1. The lowest BCUT2D eigenvalue weighted by molar-refractivity contribution is -0.274. The van der Waals surface area contributed by atoms with Gasteiger partial charge < -0.3 is 4.74 Å². The first-order chi connectivity index (χ1) is 7.85. The van der Waals surface area contributed by atoms with Gasteiger partial charge in [-0.05, 0) is 30.2 Å². The molecule has 17 heavy (non-hydrogen) atoms. The van der Waals surface area contributed by atoms with Gasteiger partial charge in [0.05, 0.1) is 0 Å². The topological polar surface area (TPSA) is 26.3 Å². The first-order valence-corrected chi connectivity index (χ1v) is 5.73. The van der Waals surface area contributed by atoms with Gasteiger partial charge in [0.15, 0.2) is 0 Å². The number of alkyl halides is 3. The molecule has 0 amide bonds. The molecule has 1 fully saturated rings. The van der Waals surface area contributed by atoms with E-state index in [1.165, 1.54) is 12.1 Å². The van der Waals surface area contributed by atoms with Crippen LogP contribution < -0.4 is 4.74 Å². The van der Waals surface area contributed by atoms with E-state index in [0.29, 0.717) is 22.9 Å². The van der Waals surface area contributed by atoms with Crippen molar-refractivity contribution in [2.24, 2.45) is 0 Å². The van der Waals surface area contributed by atoms with Crippen molar-refractivity contribution in [3.8, 4) is 5.75 Å². The lowest BCUT2D eigenvalue weighted by atomic mass is 9.79. The summed E-state index contributed by atoms with van der Waals surface area (Å²) in [5.41, 5.74) is 0.565. The van der Waals surface area contributed by atoms with Crippen molar-refractivity contribution in [1.82, 2.24) is 0 Å². The molecule has 1 aromatic carbocycles. The van der Waals surface area contributed by atoms with E-state index in [9.17, 15) is 18.0 Å². The van der Waals surface area contributed by atoms with Crippen molar-refractivity contribution in [3.63, 3.8) is 0 Å². The zero-order chi connectivity index (χ0) is 12.6. The number of rotatable bonds is 2. The Morgan fingerprint density at radius 2 is 2.00 bits per heavy atom. The summed E-state index contributed by atoms with van der Waals surface area (Å²) in [5, 5.41) is 0. The van der Waals surface area contributed by atoms with E-state index in [1.54, 1.807) is 6.07 Å². The van der Waals surface area contributed by atoms with Gasteiger partial charge in [-0.1, -0.05) is 15.9 Å². The summed E-state index contributed by atoms with van der Waals surface area (Å²) < 4.78 is 40.5. The number of hydrogen-bond donors (Lipinski definition) is 0. The average molecular weight is 309 g/mol. The van der Waals surface area contributed by atoms with Crippen LogP contribution in [0.2, 0.25) is 0 Å². The Hall–Kier alpha value is -1.04. The lowest BCUT2D eigenvalue weighted by Crippen LogP contribution is -2.23. The molecule has 1 aromatic rings. The summed E-state index contributed by atoms with van der Waals surface area (Å²) in [6.45, 7) is 0. The van der Waals surface area contributed by atoms with E-state index < -0.39 is 6.36 Å². The van der Waals surface area contributed by atoms with Crippen LogP contribution in [-0.2, 0) is 4.79 Å². The molecule has 6 heteroatoms. The summed E-state index contributed by atoms with van der Waals surface area (Å²) >= 11 is 3.10. The van der Waals surface area contributed by atoms with E-state index in [1.807, 2.05) is 0 Å². The van der Waals surface area contributed by atoms with Crippen molar-refractivity contribution in [2.45, 2.75) is 25.1 Å². The highest BCUT2D eigenvalue weighted by Gasteiger charge is 2.33. The number of ketones is 1. The molecule has 1 atom stereocenters. The summed E-state index contributed by atoms with van der Waals surface area (Å²) in [7, 11) is 0. The second kappa shape index (κ2) is 4.33. The fraction of sp³-hybridized carbons (Fsp3) is 0.364. The van der Waals surface area contributed by atoms with Crippen LogP contribution in [0.4, 0.5) is 13.2 Å². The SMILES string of the molecule is O=C1CCC1c1cc(Br)cc(OC(F)(F)F)c1. The van der Waals surface area contributed by atoms with Crippen molar-refractivity contribution in [2.75, 3.05) is 0 Å². The third kappa shape index (κ3) is 3.00. The predicted molar refractivity (Wildman–Crippen MR) is 57.8 cm³/mol. The van der Waals surface area contributed by atoms with Gasteiger partial charge in [-0.15, -0.1) is 13.2 Å². The Kier molecular flexibility index (Phi) is 3.16. The normalized spacial score (nSPS) is 20.0. The van der Waals surface area contributed by atoms with Crippen LogP contribution in [-0.4, -0.2) is 12.1 Å². The molecule has 0 saturated heterocycles. The average Bonchev–Trinajstić information content (AvgIpc) is 2.11. The van der Waals surface area contributed by atoms with E-state index in [2.05, 4.69) is 20.7 Å². The Labute approximate surface area is 104 Å².